The molecule has 0 saturated carbocycles. The predicted molar refractivity (Wildman–Crippen MR) is 129 cm³/mol. The molecule has 3 heterocycles. The molecular formula is C21H25IN8. The molecule has 0 fully saturated rings. The number of hydrogen-bond acceptors (Lipinski definition) is 4. The van der Waals surface area contributed by atoms with Crippen molar-refractivity contribution in [3.05, 3.63) is 78.5 Å². The first kappa shape index (κ1) is 21.8. The van der Waals surface area contributed by atoms with Crippen LogP contribution in [0, 0.1) is 0 Å². The van der Waals surface area contributed by atoms with Crippen molar-refractivity contribution in [3.63, 3.8) is 0 Å². The van der Waals surface area contributed by atoms with Crippen LogP contribution in [0.5, 0.6) is 0 Å². The number of aromatic nitrogens is 5. The van der Waals surface area contributed by atoms with Gasteiger partial charge in [0.1, 0.15) is 5.82 Å². The molecule has 4 rings (SSSR count). The van der Waals surface area contributed by atoms with Crippen molar-refractivity contribution in [2.75, 3.05) is 20.1 Å². The Morgan fingerprint density at radius 3 is 2.47 bits per heavy atom. The van der Waals surface area contributed by atoms with Crippen LogP contribution in [0.4, 0.5) is 0 Å². The summed E-state index contributed by atoms with van der Waals surface area (Å²) in [6.45, 7) is 1.53. The Morgan fingerprint density at radius 2 is 1.73 bits per heavy atom. The van der Waals surface area contributed by atoms with Gasteiger partial charge in [0.05, 0.1) is 5.69 Å². The maximum atomic E-state index is 4.29. The zero-order chi connectivity index (χ0) is 19.9. The fraction of sp³-hybridized carbons (Fsp3) is 0.238. The number of aliphatic imine (C=N–C) groups is 1. The zero-order valence-electron chi connectivity index (χ0n) is 16.8. The minimum atomic E-state index is 0. The lowest BCUT2D eigenvalue weighted by Crippen LogP contribution is -2.39. The quantitative estimate of drug-likeness (QED) is 0.224. The Morgan fingerprint density at radius 1 is 0.933 bits per heavy atom. The van der Waals surface area contributed by atoms with Crippen LogP contribution in [0.1, 0.15) is 11.4 Å². The Kier molecular flexibility index (Phi) is 7.77. The molecule has 3 aromatic heterocycles. The fourth-order valence-corrected chi connectivity index (χ4v) is 3.14. The summed E-state index contributed by atoms with van der Waals surface area (Å²) < 4.78 is 3.86. The highest BCUT2D eigenvalue weighted by Crippen LogP contribution is 2.08. The summed E-state index contributed by atoms with van der Waals surface area (Å²) in [6.07, 6.45) is 7.38. The number of pyridine rings is 1. The van der Waals surface area contributed by atoms with E-state index < -0.39 is 0 Å². The highest BCUT2D eigenvalue weighted by Gasteiger charge is 2.05. The van der Waals surface area contributed by atoms with E-state index in [4.69, 9.17) is 0 Å². The highest BCUT2D eigenvalue weighted by molar-refractivity contribution is 14.0. The van der Waals surface area contributed by atoms with E-state index in [1.54, 1.807) is 13.2 Å². The molecule has 9 heteroatoms. The molecule has 0 atom stereocenters. The van der Waals surface area contributed by atoms with Gasteiger partial charge in [-0.2, -0.15) is 5.10 Å². The standard InChI is InChI=1S/C21H24N8.HI/c1-22-21(24-14-11-20-27-26-19-5-2-3-15-28(19)20)23-13-10-17-6-8-18(9-7-17)29-16-4-12-25-29;/h2-9,12,15-16H,10-11,13-14H2,1H3,(H2,22,23,24);1H. The van der Waals surface area contributed by atoms with Crippen molar-refractivity contribution in [1.82, 2.24) is 35.0 Å². The van der Waals surface area contributed by atoms with Crippen molar-refractivity contribution < 1.29 is 0 Å². The Bertz CT molecular complexity index is 1070. The smallest absolute Gasteiger partial charge is 0.191 e. The van der Waals surface area contributed by atoms with E-state index in [0.717, 1.165) is 49.0 Å². The molecule has 0 saturated heterocycles. The van der Waals surface area contributed by atoms with Crippen LogP contribution in [0.3, 0.4) is 0 Å². The van der Waals surface area contributed by atoms with E-state index in [1.165, 1.54) is 5.56 Å². The van der Waals surface area contributed by atoms with Crippen LogP contribution in [0.15, 0.2) is 72.1 Å². The topological polar surface area (TPSA) is 84.4 Å². The minimum Gasteiger partial charge on any atom is -0.356 e. The van der Waals surface area contributed by atoms with Gasteiger partial charge in [0, 0.05) is 45.1 Å². The van der Waals surface area contributed by atoms with Gasteiger partial charge < -0.3 is 10.6 Å². The van der Waals surface area contributed by atoms with Crippen LogP contribution >= 0.6 is 24.0 Å². The molecular weight excluding hydrogens is 491 g/mol. The Hall–Kier alpha value is -2.95. The summed E-state index contributed by atoms with van der Waals surface area (Å²) in [6, 6.07) is 16.2. The van der Waals surface area contributed by atoms with Crippen molar-refractivity contribution in [2.24, 2.45) is 4.99 Å². The molecule has 0 spiro atoms. The SMILES string of the molecule is CN=C(NCCc1ccc(-n2cccn2)cc1)NCCc1nnc2ccccn12.I. The van der Waals surface area contributed by atoms with E-state index in [-0.39, 0.29) is 24.0 Å². The van der Waals surface area contributed by atoms with Gasteiger partial charge in [0.15, 0.2) is 11.6 Å². The second-order valence-corrected chi connectivity index (χ2v) is 6.59. The van der Waals surface area contributed by atoms with Gasteiger partial charge >= 0.3 is 0 Å². The fourth-order valence-electron chi connectivity index (χ4n) is 3.14. The van der Waals surface area contributed by atoms with Gasteiger partial charge in [-0.3, -0.25) is 9.39 Å². The second-order valence-electron chi connectivity index (χ2n) is 6.59. The lowest BCUT2D eigenvalue weighted by molar-refractivity contribution is 0.756. The third kappa shape index (κ3) is 5.35. The monoisotopic (exact) mass is 516 g/mol. The molecule has 0 aliphatic heterocycles. The maximum Gasteiger partial charge on any atom is 0.191 e. The van der Waals surface area contributed by atoms with Gasteiger partial charge in [-0.1, -0.05) is 18.2 Å². The van der Waals surface area contributed by atoms with Crippen molar-refractivity contribution in [2.45, 2.75) is 12.8 Å². The summed E-state index contributed by atoms with van der Waals surface area (Å²) >= 11 is 0. The molecule has 0 radical (unpaired) electrons. The number of nitrogens with zero attached hydrogens (tertiary/aromatic N) is 6. The number of rotatable bonds is 7. The maximum absolute atomic E-state index is 4.29. The van der Waals surface area contributed by atoms with Gasteiger partial charge in [0.2, 0.25) is 0 Å². The molecule has 0 amide bonds. The molecule has 4 aromatic rings. The lowest BCUT2D eigenvalue weighted by atomic mass is 10.1. The van der Waals surface area contributed by atoms with Crippen molar-refractivity contribution in [1.29, 1.82) is 0 Å². The molecule has 8 nitrogen and oxygen atoms in total. The predicted octanol–water partition coefficient (Wildman–Crippen LogP) is 2.48. The largest absolute Gasteiger partial charge is 0.356 e. The van der Waals surface area contributed by atoms with Crippen molar-refractivity contribution in [3.8, 4) is 5.69 Å². The summed E-state index contributed by atoms with van der Waals surface area (Å²) in [5.74, 6) is 1.72. The van der Waals surface area contributed by atoms with Gasteiger partial charge in [0.25, 0.3) is 0 Å². The van der Waals surface area contributed by atoms with E-state index >= 15 is 0 Å². The molecule has 0 aliphatic carbocycles. The van der Waals surface area contributed by atoms with Crippen molar-refractivity contribution >= 4 is 35.6 Å². The summed E-state index contributed by atoms with van der Waals surface area (Å²) in [5, 5.41) is 19.4. The van der Waals surface area contributed by atoms with Crippen LogP contribution < -0.4 is 10.6 Å². The van der Waals surface area contributed by atoms with Gasteiger partial charge in [-0.05, 0) is 42.3 Å². The molecule has 0 unspecified atom stereocenters. The van der Waals surface area contributed by atoms with E-state index in [0.29, 0.717) is 0 Å². The normalized spacial score (nSPS) is 11.3. The third-order valence-electron chi connectivity index (χ3n) is 4.66. The minimum absolute atomic E-state index is 0. The number of halogens is 1. The van der Waals surface area contributed by atoms with Crippen LogP contribution in [0.2, 0.25) is 0 Å². The van der Waals surface area contributed by atoms with Crippen LogP contribution in [0.25, 0.3) is 11.3 Å². The number of fused-ring (bicyclic) bond motifs is 1. The van der Waals surface area contributed by atoms with Crippen LogP contribution in [-0.4, -0.2) is 50.5 Å². The first-order valence-electron chi connectivity index (χ1n) is 9.65. The average Bonchev–Trinajstić information content (AvgIpc) is 3.44. The number of nitrogens with one attached hydrogen (secondary N) is 2. The second kappa shape index (κ2) is 10.7. The Balaban J connectivity index is 0.00000256. The molecule has 30 heavy (non-hydrogen) atoms. The van der Waals surface area contributed by atoms with E-state index in [2.05, 4.69) is 55.2 Å². The Labute approximate surface area is 192 Å². The summed E-state index contributed by atoms with van der Waals surface area (Å²) in [4.78, 5) is 4.29. The molecule has 156 valence electrons. The molecule has 2 N–H and O–H groups in total. The first-order chi connectivity index (χ1) is 14.3. The molecule has 0 bridgehead atoms. The molecule has 1 aromatic carbocycles. The first-order valence-corrected chi connectivity index (χ1v) is 9.65. The van der Waals surface area contributed by atoms with Gasteiger partial charge in [-0.15, -0.1) is 34.2 Å². The third-order valence-corrected chi connectivity index (χ3v) is 4.66. The summed E-state index contributed by atoms with van der Waals surface area (Å²) in [7, 11) is 1.78. The number of hydrogen-bond donors (Lipinski definition) is 2. The van der Waals surface area contributed by atoms with E-state index in [9.17, 15) is 0 Å². The average molecular weight is 516 g/mol. The summed E-state index contributed by atoms with van der Waals surface area (Å²) in [5.41, 5.74) is 3.19. The number of benzene rings is 1. The molecule has 0 aliphatic rings. The zero-order valence-corrected chi connectivity index (χ0v) is 19.1. The van der Waals surface area contributed by atoms with E-state index in [1.807, 2.05) is 45.7 Å². The lowest BCUT2D eigenvalue weighted by Gasteiger charge is -2.12. The van der Waals surface area contributed by atoms with Gasteiger partial charge in [-0.25, -0.2) is 4.68 Å². The number of guanidine groups is 1. The van der Waals surface area contributed by atoms with Crippen LogP contribution in [-0.2, 0) is 12.8 Å². The highest BCUT2D eigenvalue weighted by atomic mass is 127.